The van der Waals surface area contributed by atoms with Gasteiger partial charge >= 0.3 is 5.97 Å². The predicted octanol–water partition coefficient (Wildman–Crippen LogP) is 3.80. The molecule has 0 bridgehead atoms. The fraction of sp³-hybridized carbons (Fsp3) is 0.364. The van der Waals surface area contributed by atoms with Crippen LogP contribution in [0.5, 0.6) is 0 Å². The average molecular weight is 353 g/mol. The molecule has 2 N–H and O–H groups in total. The van der Waals surface area contributed by atoms with E-state index >= 15 is 0 Å². The number of carboxylic acid groups (broad SMARTS) is 1. The van der Waals surface area contributed by atoms with Crippen molar-refractivity contribution < 1.29 is 14.7 Å². The number of amides is 1. The molecule has 2 aromatic rings. The summed E-state index contributed by atoms with van der Waals surface area (Å²) >= 11 is 0. The summed E-state index contributed by atoms with van der Waals surface area (Å²) in [5.41, 5.74) is 3.01. The van der Waals surface area contributed by atoms with Crippen molar-refractivity contribution in [2.24, 2.45) is 5.92 Å². The molecule has 0 heterocycles. The smallest absolute Gasteiger partial charge is 0.326 e. The van der Waals surface area contributed by atoms with Crippen molar-refractivity contribution in [3.05, 3.63) is 71.3 Å². The molecule has 0 aliphatic rings. The van der Waals surface area contributed by atoms with Gasteiger partial charge in [-0.1, -0.05) is 68.4 Å². The SMILES string of the molecule is CC(C)Cc1ccc([C@@H](C)C(=O)N[C@@H](Cc2ccccc2)C(=O)O)cc1. The molecule has 0 saturated carbocycles. The van der Waals surface area contributed by atoms with Gasteiger partial charge in [-0.2, -0.15) is 0 Å². The van der Waals surface area contributed by atoms with E-state index in [4.69, 9.17) is 0 Å². The lowest BCUT2D eigenvalue weighted by Crippen LogP contribution is -2.44. The molecule has 138 valence electrons. The quantitative estimate of drug-likeness (QED) is 0.758. The van der Waals surface area contributed by atoms with E-state index in [0.29, 0.717) is 5.92 Å². The van der Waals surface area contributed by atoms with Crippen LogP contribution in [-0.2, 0) is 22.4 Å². The highest BCUT2D eigenvalue weighted by Gasteiger charge is 2.24. The zero-order valence-corrected chi connectivity index (χ0v) is 15.6. The van der Waals surface area contributed by atoms with Crippen LogP contribution in [0.25, 0.3) is 0 Å². The van der Waals surface area contributed by atoms with Crippen molar-refractivity contribution in [2.75, 3.05) is 0 Å². The normalized spacial score (nSPS) is 13.2. The number of hydrogen-bond donors (Lipinski definition) is 2. The van der Waals surface area contributed by atoms with Crippen molar-refractivity contribution in [3.63, 3.8) is 0 Å². The van der Waals surface area contributed by atoms with Gasteiger partial charge in [-0.15, -0.1) is 0 Å². The molecule has 2 atom stereocenters. The van der Waals surface area contributed by atoms with E-state index in [9.17, 15) is 14.7 Å². The average Bonchev–Trinajstić information content (AvgIpc) is 2.61. The van der Waals surface area contributed by atoms with Gasteiger partial charge in [-0.25, -0.2) is 4.79 Å². The van der Waals surface area contributed by atoms with Gasteiger partial charge < -0.3 is 10.4 Å². The fourth-order valence-corrected chi connectivity index (χ4v) is 2.91. The van der Waals surface area contributed by atoms with Gasteiger partial charge in [-0.05, 0) is 36.0 Å². The fourth-order valence-electron chi connectivity index (χ4n) is 2.91. The number of carbonyl (C=O) groups is 2. The summed E-state index contributed by atoms with van der Waals surface area (Å²) < 4.78 is 0. The molecule has 0 spiro atoms. The maximum Gasteiger partial charge on any atom is 0.326 e. The van der Waals surface area contributed by atoms with E-state index in [1.807, 2.05) is 54.6 Å². The van der Waals surface area contributed by atoms with Gasteiger partial charge in [0.05, 0.1) is 5.92 Å². The van der Waals surface area contributed by atoms with E-state index in [2.05, 4.69) is 19.2 Å². The largest absolute Gasteiger partial charge is 0.480 e. The first-order chi connectivity index (χ1) is 12.4. The third kappa shape index (κ3) is 5.73. The van der Waals surface area contributed by atoms with E-state index < -0.39 is 17.9 Å². The second kappa shape index (κ2) is 9.18. The Labute approximate surface area is 155 Å². The zero-order chi connectivity index (χ0) is 19.1. The molecule has 0 fully saturated rings. The third-order valence-corrected chi connectivity index (χ3v) is 4.41. The maximum absolute atomic E-state index is 12.5. The van der Waals surface area contributed by atoms with Crippen molar-refractivity contribution in [1.82, 2.24) is 5.32 Å². The number of rotatable bonds is 8. The van der Waals surface area contributed by atoms with Crippen LogP contribution in [0.4, 0.5) is 0 Å². The van der Waals surface area contributed by atoms with Crippen LogP contribution in [0, 0.1) is 5.92 Å². The van der Waals surface area contributed by atoms with Gasteiger partial charge in [-0.3, -0.25) is 4.79 Å². The lowest BCUT2D eigenvalue weighted by molar-refractivity contribution is -0.141. The molecule has 0 saturated heterocycles. The minimum Gasteiger partial charge on any atom is -0.480 e. The molecule has 0 radical (unpaired) electrons. The number of benzene rings is 2. The number of hydrogen-bond acceptors (Lipinski definition) is 2. The highest BCUT2D eigenvalue weighted by atomic mass is 16.4. The van der Waals surface area contributed by atoms with Crippen LogP contribution in [0.15, 0.2) is 54.6 Å². The Morgan fingerprint density at radius 1 is 0.885 bits per heavy atom. The highest BCUT2D eigenvalue weighted by molar-refractivity contribution is 5.88. The predicted molar refractivity (Wildman–Crippen MR) is 103 cm³/mol. The van der Waals surface area contributed by atoms with Crippen molar-refractivity contribution in [2.45, 2.75) is 45.6 Å². The topological polar surface area (TPSA) is 66.4 Å². The number of carbonyl (C=O) groups excluding carboxylic acids is 1. The first-order valence-corrected chi connectivity index (χ1v) is 9.02. The van der Waals surface area contributed by atoms with E-state index in [1.165, 1.54) is 5.56 Å². The minimum absolute atomic E-state index is 0.266. The molecule has 4 nitrogen and oxygen atoms in total. The summed E-state index contributed by atoms with van der Waals surface area (Å²) in [6.45, 7) is 6.14. The lowest BCUT2D eigenvalue weighted by atomic mass is 9.95. The highest BCUT2D eigenvalue weighted by Crippen LogP contribution is 2.18. The molecule has 2 rings (SSSR count). The lowest BCUT2D eigenvalue weighted by Gasteiger charge is -2.18. The Morgan fingerprint density at radius 3 is 2.00 bits per heavy atom. The second-order valence-corrected chi connectivity index (χ2v) is 7.15. The molecular weight excluding hydrogens is 326 g/mol. The van der Waals surface area contributed by atoms with E-state index in [1.54, 1.807) is 6.92 Å². The molecule has 1 amide bonds. The second-order valence-electron chi connectivity index (χ2n) is 7.15. The standard InChI is InChI=1S/C22H27NO3/c1-15(2)13-18-9-11-19(12-10-18)16(3)21(24)23-20(22(25)26)14-17-7-5-4-6-8-17/h4-12,15-16,20H,13-14H2,1-3H3,(H,23,24)(H,25,26)/t16-,20+/m1/s1. The molecule has 0 aromatic heterocycles. The Kier molecular flexibility index (Phi) is 6.96. The Balaban J connectivity index is 2.02. The summed E-state index contributed by atoms with van der Waals surface area (Å²) in [6.07, 6.45) is 1.26. The number of nitrogens with one attached hydrogen (secondary N) is 1. The van der Waals surface area contributed by atoms with Crippen LogP contribution in [0.1, 0.15) is 43.4 Å². The molecule has 2 aromatic carbocycles. The summed E-state index contributed by atoms with van der Waals surface area (Å²) in [4.78, 5) is 24.1. The van der Waals surface area contributed by atoms with Gasteiger partial charge in [0.15, 0.2) is 0 Å². The minimum atomic E-state index is -1.03. The van der Waals surface area contributed by atoms with Gasteiger partial charge in [0.25, 0.3) is 0 Å². The third-order valence-electron chi connectivity index (χ3n) is 4.41. The summed E-state index contributed by atoms with van der Waals surface area (Å²) in [7, 11) is 0. The molecule has 0 aliphatic carbocycles. The molecule has 0 aliphatic heterocycles. The van der Waals surface area contributed by atoms with Crippen LogP contribution < -0.4 is 5.32 Å². The first-order valence-electron chi connectivity index (χ1n) is 9.02. The zero-order valence-electron chi connectivity index (χ0n) is 15.6. The Morgan fingerprint density at radius 2 is 1.46 bits per heavy atom. The molecular formula is C22H27NO3. The van der Waals surface area contributed by atoms with Crippen LogP contribution in [0.2, 0.25) is 0 Å². The van der Waals surface area contributed by atoms with Crippen molar-refractivity contribution >= 4 is 11.9 Å². The Bertz CT molecular complexity index is 723. The molecule has 0 unspecified atom stereocenters. The molecule has 4 heteroatoms. The van der Waals surface area contributed by atoms with Crippen molar-refractivity contribution in [1.29, 1.82) is 0 Å². The number of aliphatic carboxylic acids is 1. The summed E-state index contributed by atoms with van der Waals surface area (Å²) in [6, 6.07) is 16.4. The monoisotopic (exact) mass is 353 g/mol. The van der Waals surface area contributed by atoms with Crippen molar-refractivity contribution in [3.8, 4) is 0 Å². The molecule has 26 heavy (non-hydrogen) atoms. The van der Waals surface area contributed by atoms with E-state index in [-0.39, 0.29) is 12.3 Å². The van der Waals surface area contributed by atoms with Crippen LogP contribution >= 0.6 is 0 Å². The first kappa shape index (κ1) is 19.7. The number of carboxylic acids is 1. The summed E-state index contributed by atoms with van der Waals surface area (Å²) in [5, 5.41) is 12.1. The van der Waals surface area contributed by atoms with Gasteiger partial charge in [0.1, 0.15) is 6.04 Å². The summed E-state index contributed by atoms with van der Waals surface area (Å²) in [5.74, 6) is -1.12. The Hall–Kier alpha value is -2.62. The van der Waals surface area contributed by atoms with Crippen LogP contribution in [-0.4, -0.2) is 23.0 Å². The van der Waals surface area contributed by atoms with Gasteiger partial charge in [0.2, 0.25) is 5.91 Å². The van der Waals surface area contributed by atoms with Crippen LogP contribution in [0.3, 0.4) is 0 Å². The van der Waals surface area contributed by atoms with Gasteiger partial charge in [0, 0.05) is 6.42 Å². The van der Waals surface area contributed by atoms with E-state index in [0.717, 1.165) is 17.5 Å². The maximum atomic E-state index is 12.5.